The van der Waals surface area contributed by atoms with Gasteiger partial charge in [-0.3, -0.25) is 14.5 Å². The molecule has 2 amide bonds. The highest BCUT2D eigenvalue weighted by molar-refractivity contribution is 6.13. The van der Waals surface area contributed by atoms with Crippen LogP contribution in [0.2, 0.25) is 0 Å². The Labute approximate surface area is 188 Å². The molecule has 0 unspecified atom stereocenters. The van der Waals surface area contributed by atoms with Gasteiger partial charge in [0.25, 0.3) is 11.8 Å². The van der Waals surface area contributed by atoms with Gasteiger partial charge in [0.15, 0.2) is 0 Å². The molecule has 1 aliphatic heterocycles. The van der Waals surface area contributed by atoms with E-state index in [4.69, 9.17) is 0 Å². The highest BCUT2D eigenvalue weighted by Crippen LogP contribution is 2.37. The van der Waals surface area contributed by atoms with Crippen molar-refractivity contribution in [2.45, 2.75) is 102 Å². The molecule has 0 N–H and O–H groups in total. The Morgan fingerprint density at radius 1 is 0.774 bits per heavy atom. The molecule has 0 radical (unpaired) electrons. The highest BCUT2D eigenvalue weighted by atomic mass is 16.2. The molecule has 168 valence electrons. The Morgan fingerprint density at radius 3 is 1.94 bits per heavy atom. The fourth-order valence-electron chi connectivity index (χ4n) is 6.07. The number of amides is 2. The molecule has 1 heterocycles. The summed E-state index contributed by atoms with van der Waals surface area (Å²) in [5.41, 5.74) is 2.90. The molecular weight excluding hydrogens is 382 g/mol. The van der Waals surface area contributed by atoms with Crippen molar-refractivity contribution >= 4 is 11.8 Å². The number of carbonyl (C=O) groups excluding carboxylic acids is 2. The lowest BCUT2D eigenvalue weighted by molar-refractivity contribution is -0.140. The first-order chi connectivity index (χ1) is 15.1. The number of benzene rings is 1. The lowest BCUT2D eigenvalue weighted by Crippen LogP contribution is -2.41. The van der Waals surface area contributed by atoms with E-state index >= 15 is 0 Å². The minimum atomic E-state index is -0.132. The second kappa shape index (κ2) is 10.6. The van der Waals surface area contributed by atoms with Gasteiger partial charge in [-0.05, 0) is 67.4 Å². The largest absolute Gasteiger partial charge is 0.272 e. The Hall–Kier alpha value is -1.90. The number of aryl methyl sites for hydroxylation is 1. The third kappa shape index (κ3) is 5.67. The second-order valence-corrected chi connectivity index (χ2v) is 10.2. The van der Waals surface area contributed by atoms with Crippen molar-refractivity contribution in [3.63, 3.8) is 0 Å². The van der Waals surface area contributed by atoms with Crippen LogP contribution in [-0.2, 0) is 16.0 Å². The minimum absolute atomic E-state index is 0.0857. The van der Waals surface area contributed by atoms with E-state index in [2.05, 4.69) is 31.2 Å². The molecule has 0 saturated heterocycles. The molecule has 0 atom stereocenters. The zero-order valence-electron chi connectivity index (χ0n) is 19.2. The number of imide groups is 1. The maximum atomic E-state index is 11.9. The van der Waals surface area contributed by atoms with Gasteiger partial charge in [0.2, 0.25) is 0 Å². The smallest absolute Gasteiger partial charge is 0.253 e. The fraction of sp³-hybridized carbons (Fsp3) is 0.643. The molecule has 2 saturated carbocycles. The normalized spacial score (nSPS) is 29.0. The first kappa shape index (κ1) is 22.3. The van der Waals surface area contributed by atoms with Gasteiger partial charge in [-0.2, -0.15) is 0 Å². The Bertz CT molecular complexity index is 747. The van der Waals surface area contributed by atoms with Crippen LogP contribution in [0.1, 0.15) is 101 Å². The van der Waals surface area contributed by atoms with Crippen LogP contribution in [0.4, 0.5) is 0 Å². The van der Waals surface area contributed by atoms with Crippen molar-refractivity contribution < 1.29 is 9.59 Å². The summed E-state index contributed by atoms with van der Waals surface area (Å²) >= 11 is 0. The van der Waals surface area contributed by atoms with Gasteiger partial charge < -0.3 is 0 Å². The molecule has 0 bridgehead atoms. The lowest BCUT2D eigenvalue weighted by Gasteiger charge is -2.33. The van der Waals surface area contributed by atoms with Crippen LogP contribution < -0.4 is 0 Å². The predicted molar refractivity (Wildman–Crippen MR) is 126 cm³/mol. The first-order valence-electron chi connectivity index (χ1n) is 12.8. The van der Waals surface area contributed by atoms with E-state index in [-0.39, 0.29) is 17.9 Å². The summed E-state index contributed by atoms with van der Waals surface area (Å²) in [7, 11) is 0. The van der Waals surface area contributed by atoms with Gasteiger partial charge in [-0.1, -0.05) is 76.1 Å². The number of nitrogens with zero attached hydrogens (tertiary/aromatic N) is 1. The molecule has 1 aromatic carbocycles. The van der Waals surface area contributed by atoms with E-state index in [1.165, 1.54) is 86.0 Å². The summed E-state index contributed by atoms with van der Waals surface area (Å²) in [5.74, 6) is 2.23. The average molecular weight is 422 g/mol. The maximum absolute atomic E-state index is 11.9. The quantitative estimate of drug-likeness (QED) is 0.445. The third-order valence-corrected chi connectivity index (χ3v) is 8.13. The van der Waals surface area contributed by atoms with E-state index < -0.39 is 0 Å². The molecule has 4 rings (SSSR count). The van der Waals surface area contributed by atoms with Crippen LogP contribution in [0.25, 0.3) is 0 Å². The summed E-state index contributed by atoms with van der Waals surface area (Å²) in [4.78, 5) is 25.3. The van der Waals surface area contributed by atoms with Crippen LogP contribution in [-0.4, -0.2) is 22.8 Å². The van der Waals surface area contributed by atoms with Crippen molar-refractivity contribution in [2.75, 3.05) is 0 Å². The molecule has 0 aromatic heterocycles. The standard InChI is InChI=1S/C28H39NO2/c1-2-3-4-21-5-7-22(8-6-21)9-10-23-11-13-24(14-12-23)25-15-17-26(18-16-25)29-27(30)19-20-28(29)31/h11-14,19-22,25-26H,2-10,15-18H2,1H3. The van der Waals surface area contributed by atoms with Crippen LogP contribution in [0.5, 0.6) is 0 Å². The molecule has 0 spiro atoms. The lowest BCUT2D eigenvalue weighted by atomic mass is 9.77. The summed E-state index contributed by atoms with van der Waals surface area (Å²) < 4.78 is 0. The average Bonchev–Trinajstić information content (AvgIpc) is 3.15. The molecule has 3 aliphatic rings. The van der Waals surface area contributed by atoms with Gasteiger partial charge >= 0.3 is 0 Å². The zero-order chi connectivity index (χ0) is 21.6. The molecule has 2 aliphatic carbocycles. The molecular formula is C28H39NO2. The van der Waals surface area contributed by atoms with Gasteiger partial charge in [0.05, 0.1) is 0 Å². The Morgan fingerprint density at radius 2 is 1.35 bits per heavy atom. The number of hydrogen-bond donors (Lipinski definition) is 0. The van der Waals surface area contributed by atoms with Crippen LogP contribution in [0, 0.1) is 11.8 Å². The summed E-state index contributed by atoms with van der Waals surface area (Å²) in [6, 6.07) is 9.42. The van der Waals surface area contributed by atoms with Crippen LogP contribution >= 0.6 is 0 Å². The fourth-order valence-corrected chi connectivity index (χ4v) is 6.07. The highest BCUT2D eigenvalue weighted by Gasteiger charge is 2.34. The van der Waals surface area contributed by atoms with Crippen molar-refractivity contribution in [1.82, 2.24) is 4.90 Å². The first-order valence-corrected chi connectivity index (χ1v) is 12.8. The van der Waals surface area contributed by atoms with Crippen LogP contribution in [0.3, 0.4) is 0 Å². The number of carbonyl (C=O) groups is 2. The minimum Gasteiger partial charge on any atom is -0.272 e. The maximum Gasteiger partial charge on any atom is 0.253 e. The predicted octanol–water partition coefficient (Wildman–Crippen LogP) is 6.57. The van der Waals surface area contributed by atoms with Gasteiger partial charge in [0, 0.05) is 18.2 Å². The van der Waals surface area contributed by atoms with E-state index in [0.717, 1.165) is 37.5 Å². The third-order valence-electron chi connectivity index (χ3n) is 8.13. The monoisotopic (exact) mass is 421 g/mol. The summed E-state index contributed by atoms with van der Waals surface area (Å²) in [5, 5.41) is 0. The molecule has 3 nitrogen and oxygen atoms in total. The summed E-state index contributed by atoms with van der Waals surface area (Å²) in [6.07, 6.45) is 19.3. The molecule has 1 aromatic rings. The molecule has 3 heteroatoms. The van der Waals surface area contributed by atoms with E-state index in [0.29, 0.717) is 5.92 Å². The number of rotatable bonds is 8. The molecule has 2 fully saturated rings. The number of unbranched alkanes of at least 4 members (excludes halogenated alkanes) is 1. The van der Waals surface area contributed by atoms with Crippen molar-refractivity contribution in [3.8, 4) is 0 Å². The van der Waals surface area contributed by atoms with Crippen molar-refractivity contribution in [1.29, 1.82) is 0 Å². The van der Waals surface area contributed by atoms with E-state index in [1.54, 1.807) is 0 Å². The second-order valence-electron chi connectivity index (χ2n) is 10.2. The van der Waals surface area contributed by atoms with Gasteiger partial charge in [0.1, 0.15) is 0 Å². The van der Waals surface area contributed by atoms with Crippen molar-refractivity contribution in [2.24, 2.45) is 11.8 Å². The zero-order valence-corrected chi connectivity index (χ0v) is 19.2. The SMILES string of the molecule is CCCCC1CCC(CCc2ccc(C3CCC(N4C(=O)C=CC4=O)CC3)cc2)CC1. The van der Waals surface area contributed by atoms with Gasteiger partial charge in [-0.25, -0.2) is 0 Å². The summed E-state index contributed by atoms with van der Waals surface area (Å²) in [6.45, 7) is 2.30. The van der Waals surface area contributed by atoms with Gasteiger partial charge in [-0.15, -0.1) is 0 Å². The Kier molecular flexibility index (Phi) is 7.63. The van der Waals surface area contributed by atoms with Crippen molar-refractivity contribution in [3.05, 3.63) is 47.5 Å². The van der Waals surface area contributed by atoms with Crippen LogP contribution in [0.15, 0.2) is 36.4 Å². The van der Waals surface area contributed by atoms with E-state index in [9.17, 15) is 9.59 Å². The molecule has 31 heavy (non-hydrogen) atoms. The topological polar surface area (TPSA) is 37.4 Å². The van der Waals surface area contributed by atoms with E-state index in [1.807, 2.05) is 0 Å². The number of hydrogen-bond acceptors (Lipinski definition) is 2. The Balaban J connectivity index is 1.20.